The molecule has 1 fully saturated rings. The fraction of sp³-hybridized carbons (Fsp3) is 0.643. The van der Waals surface area contributed by atoms with Gasteiger partial charge in [-0.15, -0.1) is 11.3 Å². The minimum atomic E-state index is 0.852. The Morgan fingerprint density at radius 3 is 2.88 bits per heavy atom. The number of thiazole rings is 1. The first-order valence-electron chi connectivity index (χ1n) is 6.69. The average molecular weight is 248 g/mol. The summed E-state index contributed by atoms with van der Waals surface area (Å²) in [4.78, 5) is 7.09. The van der Waals surface area contributed by atoms with E-state index in [1.807, 2.05) is 6.20 Å². The molecular weight excluding hydrogens is 228 g/mol. The Morgan fingerprint density at radius 2 is 2.24 bits per heavy atom. The fourth-order valence-corrected chi connectivity index (χ4v) is 3.28. The molecule has 1 heterocycles. The molecule has 2 nitrogen and oxygen atoms in total. The van der Waals surface area contributed by atoms with Crippen LogP contribution in [0.2, 0.25) is 0 Å². The molecule has 0 N–H and O–H groups in total. The van der Waals surface area contributed by atoms with E-state index >= 15 is 0 Å². The van der Waals surface area contributed by atoms with Gasteiger partial charge in [-0.05, 0) is 38.0 Å². The third-order valence-electron chi connectivity index (χ3n) is 3.76. The second-order valence-electron chi connectivity index (χ2n) is 5.24. The Balaban J connectivity index is 1.58. The molecule has 0 unspecified atom stereocenters. The highest BCUT2D eigenvalue weighted by molar-refractivity contribution is 7.09. The van der Waals surface area contributed by atoms with Gasteiger partial charge in [-0.2, -0.15) is 0 Å². The molecule has 2 aliphatic carbocycles. The van der Waals surface area contributed by atoms with Crippen molar-refractivity contribution in [1.29, 1.82) is 0 Å². The molecule has 1 atom stereocenters. The summed E-state index contributed by atoms with van der Waals surface area (Å²) in [7, 11) is 0. The van der Waals surface area contributed by atoms with Gasteiger partial charge in [0.1, 0.15) is 5.01 Å². The molecule has 0 amide bonds. The van der Waals surface area contributed by atoms with Crippen molar-refractivity contribution < 1.29 is 0 Å². The summed E-state index contributed by atoms with van der Waals surface area (Å²) in [5.74, 6) is 0.876. The molecule has 1 aromatic rings. The summed E-state index contributed by atoms with van der Waals surface area (Å²) in [5, 5.41) is 3.37. The van der Waals surface area contributed by atoms with Crippen LogP contribution in [0.1, 0.15) is 37.1 Å². The lowest BCUT2D eigenvalue weighted by Gasteiger charge is -2.27. The summed E-state index contributed by atoms with van der Waals surface area (Å²) in [6.07, 6.45) is 13.3. The molecule has 1 saturated carbocycles. The Morgan fingerprint density at radius 1 is 1.29 bits per heavy atom. The van der Waals surface area contributed by atoms with E-state index in [4.69, 9.17) is 0 Å². The summed E-state index contributed by atoms with van der Waals surface area (Å²) in [6, 6.07) is 0.852. The third-order valence-corrected chi connectivity index (χ3v) is 4.52. The third kappa shape index (κ3) is 3.17. The number of rotatable bonds is 5. The minimum absolute atomic E-state index is 0.852. The van der Waals surface area contributed by atoms with E-state index in [9.17, 15) is 0 Å². The lowest BCUT2D eigenvalue weighted by molar-refractivity contribution is 0.205. The van der Waals surface area contributed by atoms with Crippen molar-refractivity contribution in [2.24, 2.45) is 5.92 Å². The van der Waals surface area contributed by atoms with Crippen LogP contribution in [0, 0.1) is 5.92 Å². The summed E-state index contributed by atoms with van der Waals surface area (Å²) < 4.78 is 0. The highest BCUT2D eigenvalue weighted by Crippen LogP contribution is 2.31. The predicted octanol–water partition coefficient (Wildman–Crippen LogP) is 3.46. The molecule has 3 rings (SSSR count). The first kappa shape index (κ1) is 11.4. The fourth-order valence-electron chi connectivity index (χ4n) is 2.64. The monoisotopic (exact) mass is 248 g/mol. The Labute approximate surface area is 107 Å². The number of allylic oxidation sites excluding steroid dienone is 2. The molecule has 0 aromatic carbocycles. The molecule has 1 aromatic heterocycles. The van der Waals surface area contributed by atoms with Crippen molar-refractivity contribution in [2.45, 2.75) is 44.7 Å². The van der Waals surface area contributed by atoms with Crippen LogP contribution in [0.5, 0.6) is 0 Å². The summed E-state index contributed by atoms with van der Waals surface area (Å²) in [5.41, 5.74) is 0. The van der Waals surface area contributed by atoms with Crippen LogP contribution < -0.4 is 0 Å². The molecule has 0 radical (unpaired) electrons. The van der Waals surface area contributed by atoms with Crippen molar-refractivity contribution in [2.75, 3.05) is 6.54 Å². The molecule has 0 saturated heterocycles. The van der Waals surface area contributed by atoms with Crippen LogP contribution in [0.4, 0.5) is 0 Å². The van der Waals surface area contributed by atoms with Crippen LogP contribution in [-0.2, 0) is 6.54 Å². The summed E-state index contributed by atoms with van der Waals surface area (Å²) in [6.45, 7) is 2.34. The molecule has 2 aliphatic rings. The lowest BCUT2D eigenvalue weighted by Crippen LogP contribution is -2.31. The van der Waals surface area contributed by atoms with Gasteiger partial charge in [-0.25, -0.2) is 4.98 Å². The maximum absolute atomic E-state index is 4.42. The molecule has 92 valence electrons. The van der Waals surface area contributed by atoms with E-state index in [2.05, 4.69) is 27.4 Å². The van der Waals surface area contributed by atoms with Crippen molar-refractivity contribution >= 4 is 11.3 Å². The first-order valence-corrected chi connectivity index (χ1v) is 7.57. The smallest absolute Gasteiger partial charge is 0.107 e. The number of hydrogen-bond donors (Lipinski definition) is 0. The minimum Gasteiger partial charge on any atom is -0.293 e. The Hall–Kier alpha value is -0.670. The molecule has 0 spiro atoms. The lowest BCUT2D eigenvalue weighted by atomic mass is 9.94. The first-order chi connectivity index (χ1) is 8.42. The zero-order valence-electron chi connectivity index (χ0n) is 10.2. The van der Waals surface area contributed by atoms with Crippen LogP contribution >= 0.6 is 11.3 Å². The van der Waals surface area contributed by atoms with Gasteiger partial charge in [0, 0.05) is 24.2 Å². The zero-order chi connectivity index (χ0) is 11.5. The molecular formula is C14H20N2S. The van der Waals surface area contributed by atoms with E-state index in [1.165, 1.54) is 43.7 Å². The standard InChI is InChI=1S/C14H20N2S/c1-2-4-12(5-3-1)10-16(13-6-7-13)11-14-15-8-9-17-14/h1-2,8-9,12-13H,3-7,10-11H2/t12-/m1/s1. The predicted molar refractivity (Wildman–Crippen MR) is 72.0 cm³/mol. The number of aromatic nitrogens is 1. The normalized spacial score (nSPS) is 24.4. The zero-order valence-corrected chi connectivity index (χ0v) is 11.0. The van der Waals surface area contributed by atoms with Crippen LogP contribution in [-0.4, -0.2) is 22.5 Å². The SMILES string of the molecule is C1=CC[C@@H](CN(Cc2nccs2)C2CC2)CC1. The van der Waals surface area contributed by atoms with Gasteiger partial charge in [0.15, 0.2) is 0 Å². The van der Waals surface area contributed by atoms with Gasteiger partial charge in [0.2, 0.25) is 0 Å². The van der Waals surface area contributed by atoms with Gasteiger partial charge in [0.05, 0.1) is 6.54 Å². The molecule has 0 bridgehead atoms. The maximum atomic E-state index is 4.42. The van der Waals surface area contributed by atoms with Gasteiger partial charge < -0.3 is 0 Å². The Kier molecular flexibility index (Phi) is 3.57. The average Bonchev–Trinajstić information content (AvgIpc) is 3.09. The van der Waals surface area contributed by atoms with Crippen LogP contribution in [0.3, 0.4) is 0 Å². The van der Waals surface area contributed by atoms with E-state index in [0.717, 1.165) is 18.5 Å². The van der Waals surface area contributed by atoms with Crippen LogP contribution in [0.15, 0.2) is 23.7 Å². The second-order valence-corrected chi connectivity index (χ2v) is 6.22. The van der Waals surface area contributed by atoms with E-state index < -0.39 is 0 Å². The van der Waals surface area contributed by atoms with Gasteiger partial charge >= 0.3 is 0 Å². The van der Waals surface area contributed by atoms with Crippen molar-refractivity contribution in [3.63, 3.8) is 0 Å². The largest absolute Gasteiger partial charge is 0.293 e. The van der Waals surface area contributed by atoms with E-state index in [-0.39, 0.29) is 0 Å². The van der Waals surface area contributed by atoms with Crippen molar-refractivity contribution in [1.82, 2.24) is 9.88 Å². The molecule has 17 heavy (non-hydrogen) atoms. The second kappa shape index (κ2) is 5.32. The van der Waals surface area contributed by atoms with Gasteiger partial charge in [0.25, 0.3) is 0 Å². The van der Waals surface area contributed by atoms with E-state index in [0.29, 0.717) is 0 Å². The van der Waals surface area contributed by atoms with Crippen molar-refractivity contribution in [3.8, 4) is 0 Å². The van der Waals surface area contributed by atoms with Gasteiger partial charge in [-0.1, -0.05) is 12.2 Å². The number of hydrogen-bond acceptors (Lipinski definition) is 3. The van der Waals surface area contributed by atoms with Crippen LogP contribution in [0.25, 0.3) is 0 Å². The van der Waals surface area contributed by atoms with Gasteiger partial charge in [-0.3, -0.25) is 4.90 Å². The maximum Gasteiger partial charge on any atom is 0.107 e. The molecule has 3 heteroatoms. The quantitative estimate of drug-likeness (QED) is 0.742. The van der Waals surface area contributed by atoms with E-state index in [1.54, 1.807) is 11.3 Å². The highest BCUT2D eigenvalue weighted by Gasteiger charge is 2.30. The summed E-state index contributed by atoms with van der Waals surface area (Å²) >= 11 is 1.79. The molecule has 0 aliphatic heterocycles. The Bertz CT molecular complexity index is 368. The number of nitrogens with zero attached hydrogens (tertiary/aromatic N) is 2. The topological polar surface area (TPSA) is 16.1 Å². The van der Waals surface area contributed by atoms with Crippen molar-refractivity contribution in [3.05, 3.63) is 28.7 Å². The highest BCUT2D eigenvalue weighted by atomic mass is 32.1.